The highest BCUT2D eigenvalue weighted by Crippen LogP contribution is 2.41. The highest BCUT2D eigenvalue weighted by molar-refractivity contribution is 6.39. The van der Waals surface area contributed by atoms with Crippen molar-refractivity contribution in [3.05, 3.63) is 94.0 Å². The highest BCUT2D eigenvalue weighted by atomic mass is 35.5. The lowest BCUT2D eigenvalue weighted by molar-refractivity contribution is -0.156. The van der Waals surface area contributed by atoms with E-state index in [1.807, 2.05) is 62.2 Å². The summed E-state index contributed by atoms with van der Waals surface area (Å²) < 4.78 is 7.25. The minimum atomic E-state index is -0.554. The topological polar surface area (TPSA) is 138 Å². The first-order chi connectivity index (χ1) is 24.9. The second-order valence-electron chi connectivity index (χ2n) is 14.2. The number of nitrogens with one attached hydrogen (secondary N) is 2. The Balaban J connectivity index is 1.05. The molecule has 270 valence electrons. The maximum Gasteiger partial charge on any atom is 0.320 e. The molecule has 14 heteroatoms. The maximum absolute atomic E-state index is 13.4. The van der Waals surface area contributed by atoms with Crippen molar-refractivity contribution in [1.29, 1.82) is 0 Å². The smallest absolute Gasteiger partial charge is 0.320 e. The van der Waals surface area contributed by atoms with Crippen LogP contribution < -0.4 is 10.6 Å². The molecule has 5 aromatic rings. The van der Waals surface area contributed by atoms with E-state index in [0.29, 0.717) is 70.1 Å². The number of fused-ring (bicyclic) bond motifs is 2. The molecule has 0 bridgehead atoms. The Morgan fingerprint density at radius 2 is 1.71 bits per heavy atom. The molecule has 2 aromatic carbocycles. The number of aromatic nitrogens is 4. The second kappa shape index (κ2) is 14.8. The fraction of sp³-hybridized carbons (Fsp3) is 0.342. The van der Waals surface area contributed by atoms with Gasteiger partial charge in [-0.25, -0.2) is 4.98 Å². The van der Waals surface area contributed by atoms with Gasteiger partial charge >= 0.3 is 5.97 Å². The number of anilines is 3. The van der Waals surface area contributed by atoms with Gasteiger partial charge in [0, 0.05) is 61.6 Å². The van der Waals surface area contributed by atoms with Crippen LogP contribution in [0, 0.1) is 0 Å². The monoisotopic (exact) mass is 742 g/mol. The molecule has 1 fully saturated rings. The number of halogens is 2. The molecule has 1 saturated heterocycles. The van der Waals surface area contributed by atoms with E-state index in [1.54, 1.807) is 29.1 Å². The number of nitrogens with zero attached hydrogens (tertiary/aromatic N) is 6. The van der Waals surface area contributed by atoms with Gasteiger partial charge in [-0.15, -0.1) is 0 Å². The Morgan fingerprint density at radius 1 is 0.962 bits per heavy atom. The minimum absolute atomic E-state index is 0.161. The van der Waals surface area contributed by atoms with Gasteiger partial charge in [0.05, 0.1) is 46.3 Å². The van der Waals surface area contributed by atoms with E-state index in [1.165, 1.54) is 0 Å². The van der Waals surface area contributed by atoms with Crippen molar-refractivity contribution in [3.8, 4) is 11.1 Å². The van der Waals surface area contributed by atoms with Gasteiger partial charge in [0.15, 0.2) is 11.5 Å². The van der Waals surface area contributed by atoms with Gasteiger partial charge < -0.3 is 20.5 Å². The first kappa shape index (κ1) is 35.8. The summed E-state index contributed by atoms with van der Waals surface area (Å²) in [5.41, 5.74) is 4.62. The molecule has 1 atom stereocenters. The molecule has 52 heavy (non-hydrogen) atoms. The summed E-state index contributed by atoms with van der Waals surface area (Å²) in [4.78, 5) is 39.2. The van der Waals surface area contributed by atoms with E-state index in [9.17, 15) is 14.7 Å². The second-order valence-corrected chi connectivity index (χ2v) is 15.0. The zero-order chi connectivity index (χ0) is 36.6. The molecule has 0 aliphatic carbocycles. The number of amides is 1. The highest BCUT2D eigenvalue weighted by Gasteiger charge is 2.26. The molecule has 5 heterocycles. The predicted octanol–water partition coefficient (Wildman–Crippen LogP) is 6.52. The molecule has 2 aliphatic heterocycles. The summed E-state index contributed by atoms with van der Waals surface area (Å²) in [5, 5.41) is 22.4. The van der Waals surface area contributed by atoms with Gasteiger partial charge in [-0.1, -0.05) is 47.5 Å². The number of aliphatic hydroxyl groups excluding tert-OH is 1. The third-order valence-corrected chi connectivity index (χ3v) is 9.80. The van der Waals surface area contributed by atoms with Crippen molar-refractivity contribution in [2.75, 3.05) is 36.8 Å². The predicted molar refractivity (Wildman–Crippen MR) is 202 cm³/mol. The van der Waals surface area contributed by atoms with Crippen molar-refractivity contribution in [2.45, 2.75) is 58.5 Å². The van der Waals surface area contributed by atoms with Crippen LogP contribution >= 0.6 is 23.2 Å². The number of hydrogen-bond donors (Lipinski definition) is 3. The number of carbonyl (C=O) groups excluding carboxylic acids is 2. The number of likely N-dealkylation sites (tertiary alicyclic amines) is 1. The summed E-state index contributed by atoms with van der Waals surface area (Å²) in [6.07, 6.45) is 4.09. The van der Waals surface area contributed by atoms with E-state index >= 15 is 0 Å². The number of aliphatic hydroxyl groups is 1. The SMILES string of the molecule is CC(C)(C)OC(=O)CN1CCn2nc(C(=O)Nc3cccc(-c4cccc(Nc5nccc6cc(CN7CC[C@@H](O)C7)cnc56)c4Cl)c3Cl)cc2C1. The van der Waals surface area contributed by atoms with Crippen molar-refractivity contribution in [1.82, 2.24) is 29.5 Å². The average molecular weight is 744 g/mol. The van der Waals surface area contributed by atoms with Crippen LogP contribution in [-0.2, 0) is 29.2 Å². The molecule has 3 aromatic heterocycles. The molecular formula is C38H40Cl2N8O4. The van der Waals surface area contributed by atoms with Crippen LogP contribution in [0.25, 0.3) is 22.0 Å². The van der Waals surface area contributed by atoms with E-state index in [2.05, 4.69) is 31.7 Å². The van der Waals surface area contributed by atoms with Crippen molar-refractivity contribution < 1.29 is 19.4 Å². The molecule has 1 amide bonds. The normalized spacial score (nSPS) is 16.5. The van der Waals surface area contributed by atoms with Crippen LogP contribution in [0.3, 0.4) is 0 Å². The van der Waals surface area contributed by atoms with Gasteiger partial charge in [0.2, 0.25) is 0 Å². The fourth-order valence-corrected chi connectivity index (χ4v) is 7.16. The molecule has 2 aliphatic rings. The maximum atomic E-state index is 13.4. The van der Waals surface area contributed by atoms with E-state index in [4.69, 9.17) is 32.9 Å². The van der Waals surface area contributed by atoms with Gasteiger partial charge in [0.1, 0.15) is 11.1 Å². The molecular weight excluding hydrogens is 703 g/mol. The third-order valence-electron chi connectivity index (χ3n) is 8.98. The molecule has 0 spiro atoms. The zero-order valence-corrected chi connectivity index (χ0v) is 30.7. The quantitative estimate of drug-likeness (QED) is 0.143. The summed E-state index contributed by atoms with van der Waals surface area (Å²) in [5.74, 6) is -0.138. The summed E-state index contributed by atoms with van der Waals surface area (Å²) in [7, 11) is 0. The van der Waals surface area contributed by atoms with Crippen molar-refractivity contribution in [3.63, 3.8) is 0 Å². The van der Waals surface area contributed by atoms with Crippen molar-refractivity contribution >= 4 is 63.2 Å². The van der Waals surface area contributed by atoms with Gasteiger partial charge in [-0.05, 0) is 63.1 Å². The van der Waals surface area contributed by atoms with Crippen LogP contribution in [0.15, 0.2) is 67.0 Å². The van der Waals surface area contributed by atoms with Crippen molar-refractivity contribution in [2.24, 2.45) is 0 Å². The van der Waals surface area contributed by atoms with E-state index in [0.717, 1.165) is 36.2 Å². The van der Waals surface area contributed by atoms with Crippen LogP contribution in [0.4, 0.5) is 17.2 Å². The Morgan fingerprint density at radius 3 is 2.44 bits per heavy atom. The lowest BCUT2D eigenvalue weighted by atomic mass is 10.0. The minimum Gasteiger partial charge on any atom is -0.459 e. The number of hydrogen-bond acceptors (Lipinski definition) is 10. The Kier molecular flexibility index (Phi) is 10.2. The first-order valence-electron chi connectivity index (χ1n) is 17.2. The number of β-amino-alcohol motifs (C(OH)–C–C–N with tert-alkyl or cyclic N) is 1. The molecule has 3 N–H and O–H groups in total. The summed E-state index contributed by atoms with van der Waals surface area (Å²) >= 11 is 13.9. The van der Waals surface area contributed by atoms with Crippen LogP contribution in [0.5, 0.6) is 0 Å². The number of ether oxygens (including phenoxy) is 1. The number of pyridine rings is 2. The van der Waals surface area contributed by atoms with E-state index in [-0.39, 0.29) is 24.3 Å². The molecule has 0 saturated carbocycles. The lowest BCUT2D eigenvalue weighted by Gasteiger charge is -2.28. The number of esters is 1. The summed E-state index contributed by atoms with van der Waals surface area (Å²) in [6.45, 7) is 9.55. The number of benzene rings is 2. The van der Waals surface area contributed by atoms with Gasteiger partial charge in [0.25, 0.3) is 5.91 Å². The molecule has 0 radical (unpaired) electrons. The largest absolute Gasteiger partial charge is 0.459 e. The molecule has 12 nitrogen and oxygen atoms in total. The zero-order valence-electron chi connectivity index (χ0n) is 29.2. The Labute approximate surface area is 311 Å². The lowest BCUT2D eigenvalue weighted by Crippen LogP contribution is -2.39. The van der Waals surface area contributed by atoms with Crippen LogP contribution in [0.1, 0.15) is 48.9 Å². The third kappa shape index (κ3) is 8.06. The van der Waals surface area contributed by atoms with Gasteiger partial charge in [-0.2, -0.15) is 5.10 Å². The van der Waals surface area contributed by atoms with E-state index < -0.39 is 11.5 Å². The fourth-order valence-electron chi connectivity index (χ4n) is 6.61. The average Bonchev–Trinajstić information content (AvgIpc) is 3.71. The Hall–Kier alpha value is -4.59. The van der Waals surface area contributed by atoms with Crippen LogP contribution in [-0.4, -0.2) is 84.4 Å². The molecule has 0 unspecified atom stereocenters. The first-order valence-corrected chi connectivity index (χ1v) is 18.0. The number of rotatable bonds is 9. The molecule has 7 rings (SSSR count). The standard InChI is InChI=1S/C38H40Cl2N8O4/c1-38(2,3)52-32(50)22-47-14-15-48-25(20-47)17-31(45-48)37(51)44-30-9-5-7-28(34(30)40)27-6-4-8-29(33(27)39)43-36-35-24(10-12-41-36)16-23(18-42-35)19-46-13-11-26(49)21-46/h4-10,12,16-18,26,49H,11,13-15,19-22H2,1-3H3,(H,41,43)(H,44,51)/t26-/m1/s1. The van der Waals surface area contributed by atoms with Crippen LogP contribution in [0.2, 0.25) is 10.0 Å². The summed E-state index contributed by atoms with van der Waals surface area (Å²) in [6, 6.07) is 16.7. The number of carbonyl (C=O) groups is 2. The van der Waals surface area contributed by atoms with Gasteiger partial charge in [-0.3, -0.25) is 29.1 Å². The Bertz CT molecular complexity index is 2150.